The summed E-state index contributed by atoms with van der Waals surface area (Å²) < 4.78 is 1.87. The van der Waals surface area contributed by atoms with Crippen molar-refractivity contribution in [2.75, 3.05) is 0 Å². The van der Waals surface area contributed by atoms with Crippen molar-refractivity contribution in [3.8, 4) is 0 Å². The van der Waals surface area contributed by atoms with Gasteiger partial charge >= 0.3 is 0 Å². The fraction of sp³-hybridized carbons (Fsp3) is 0.800. The van der Waals surface area contributed by atoms with E-state index in [1.165, 1.54) is 31.3 Å². The molecule has 4 nitrogen and oxygen atoms in total. The standard InChI is InChI=1S/C25H38N2O2/c1-15-17(14-27(4)26-15)11-16-12-22-20-6-5-18-13-19(28)7-9-24(18,2)21(20)8-10-25(22,3)23(16)29/h11,14,18-23,28-29H,5-10,12-13H2,1-4H3/b16-11-/t18-,19-,20-,21+,22+,23-,24+,25+/m1/s1. The zero-order valence-corrected chi connectivity index (χ0v) is 18.6. The first-order chi connectivity index (χ1) is 13.7. The number of aliphatic hydroxyl groups is 2. The summed E-state index contributed by atoms with van der Waals surface area (Å²) in [6.45, 7) is 6.94. The number of aryl methyl sites for hydroxylation is 2. The predicted molar refractivity (Wildman–Crippen MR) is 115 cm³/mol. The summed E-state index contributed by atoms with van der Waals surface area (Å²) in [7, 11) is 1.96. The van der Waals surface area contributed by atoms with Gasteiger partial charge in [-0.3, -0.25) is 4.68 Å². The van der Waals surface area contributed by atoms with Gasteiger partial charge in [0.25, 0.3) is 0 Å². The van der Waals surface area contributed by atoms with Gasteiger partial charge in [0.15, 0.2) is 0 Å². The molecule has 4 aliphatic rings. The molecule has 8 atom stereocenters. The number of hydrogen-bond acceptors (Lipinski definition) is 3. The average Bonchev–Trinajstić information content (AvgIpc) is 3.12. The van der Waals surface area contributed by atoms with Crippen LogP contribution in [0.3, 0.4) is 0 Å². The molecule has 1 heterocycles. The highest BCUT2D eigenvalue weighted by atomic mass is 16.3. The second kappa shape index (κ2) is 6.68. The molecule has 1 aromatic rings. The Labute approximate surface area is 175 Å². The van der Waals surface area contributed by atoms with E-state index in [0.717, 1.165) is 48.8 Å². The molecule has 4 saturated carbocycles. The van der Waals surface area contributed by atoms with E-state index < -0.39 is 0 Å². The second-order valence-corrected chi connectivity index (χ2v) is 11.3. The lowest BCUT2D eigenvalue weighted by Crippen LogP contribution is -2.54. The van der Waals surface area contributed by atoms with Crippen LogP contribution < -0.4 is 0 Å². The van der Waals surface area contributed by atoms with E-state index in [4.69, 9.17) is 0 Å². The van der Waals surface area contributed by atoms with Crippen LogP contribution in [0.2, 0.25) is 0 Å². The van der Waals surface area contributed by atoms with Crippen molar-refractivity contribution in [2.24, 2.45) is 41.5 Å². The first kappa shape index (κ1) is 19.8. The molecule has 4 aliphatic carbocycles. The lowest BCUT2D eigenvalue weighted by molar-refractivity contribution is -0.133. The monoisotopic (exact) mass is 398 g/mol. The van der Waals surface area contributed by atoms with E-state index in [0.29, 0.717) is 17.3 Å². The Morgan fingerprint density at radius 1 is 1.07 bits per heavy atom. The number of rotatable bonds is 1. The fourth-order valence-electron chi connectivity index (χ4n) is 8.19. The highest BCUT2D eigenvalue weighted by Gasteiger charge is 2.61. The Balaban J connectivity index is 1.45. The SMILES string of the molecule is Cc1nn(C)cc1/C=C1/C[C@H]2[C@@H]3CC[C@@H]4C[C@H](O)CC[C@]4(C)[C@H]3CC[C@]2(C)[C@@H]1O. The van der Waals surface area contributed by atoms with Crippen LogP contribution in [0.4, 0.5) is 0 Å². The van der Waals surface area contributed by atoms with Crippen molar-refractivity contribution < 1.29 is 10.2 Å². The van der Waals surface area contributed by atoms with E-state index >= 15 is 0 Å². The summed E-state index contributed by atoms with van der Waals surface area (Å²) in [6, 6.07) is 0. The largest absolute Gasteiger partial charge is 0.393 e. The normalized spacial score (nSPS) is 48.3. The van der Waals surface area contributed by atoms with Crippen LogP contribution in [0, 0.1) is 41.4 Å². The lowest BCUT2D eigenvalue weighted by atomic mass is 9.45. The summed E-state index contributed by atoms with van der Waals surface area (Å²) in [5, 5.41) is 26.1. The van der Waals surface area contributed by atoms with Gasteiger partial charge in [-0.25, -0.2) is 0 Å². The topological polar surface area (TPSA) is 58.3 Å². The molecule has 4 heteroatoms. The van der Waals surface area contributed by atoms with E-state index in [1.807, 2.05) is 11.7 Å². The molecule has 2 N–H and O–H groups in total. The summed E-state index contributed by atoms with van der Waals surface area (Å²) in [5.74, 6) is 2.76. The smallest absolute Gasteiger partial charge is 0.0809 e. The van der Waals surface area contributed by atoms with Gasteiger partial charge in [0.05, 0.1) is 17.9 Å². The Morgan fingerprint density at radius 3 is 2.55 bits per heavy atom. The van der Waals surface area contributed by atoms with E-state index in [9.17, 15) is 10.2 Å². The number of nitrogens with zero attached hydrogens (tertiary/aromatic N) is 2. The molecule has 29 heavy (non-hydrogen) atoms. The maximum Gasteiger partial charge on any atom is 0.0809 e. The van der Waals surface area contributed by atoms with Crippen molar-refractivity contribution in [1.29, 1.82) is 0 Å². The van der Waals surface area contributed by atoms with Crippen molar-refractivity contribution >= 4 is 6.08 Å². The summed E-state index contributed by atoms with van der Waals surface area (Å²) in [5.41, 5.74) is 3.82. The molecule has 0 amide bonds. The first-order valence-electron chi connectivity index (χ1n) is 11.8. The third-order valence-corrected chi connectivity index (χ3v) is 9.90. The van der Waals surface area contributed by atoms with Crippen molar-refractivity contribution in [2.45, 2.75) is 84.3 Å². The number of aliphatic hydroxyl groups excluding tert-OH is 2. The minimum Gasteiger partial charge on any atom is -0.393 e. The van der Waals surface area contributed by atoms with Crippen LogP contribution in [0.15, 0.2) is 11.8 Å². The van der Waals surface area contributed by atoms with Crippen LogP contribution in [0.5, 0.6) is 0 Å². The molecule has 0 aromatic carbocycles. The lowest BCUT2D eigenvalue weighted by Gasteiger charge is -2.60. The van der Waals surface area contributed by atoms with Gasteiger partial charge in [0.2, 0.25) is 0 Å². The number of hydrogen-bond donors (Lipinski definition) is 2. The number of aromatic nitrogens is 2. The van der Waals surface area contributed by atoms with E-state index in [2.05, 4.69) is 38.1 Å². The molecule has 0 unspecified atom stereocenters. The van der Waals surface area contributed by atoms with Crippen LogP contribution in [0.25, 0.3) is 6.08 Å². The van der Waals surface area contributed by atoms with E-state index in [1.54, 1.807) is 0 Å². The number of fused-ring (bicyclic) bond motifs is 5. The minimum absolute atomic E-state index is 0.0144. The zero-order chi connectivity index (χ0) is 20.6. The van der Waals surface area contributed by atoms with Crippen molar-refractivity contribution in [3.05, 3.63) is 23.0 Å². The third-order valence-electron chi connectivity index (χ3n) is 9.90. The van der Waals surface area contributed by atoms with Crippen LogP contribution in [0.1, 0.15) is 76.5 Å². The second-order valence-electron chi connectivity index (χ2n) is 11.3. The summed E-state index contributed by atoms with van der Waals surface area (Å²) in [6.07, 6.45) is 13.0. The van der Waals surface area contributed by atoms with Gasteiger partial charge in [0, 0.05) is 24.2 Å². The maximum absolute atomic E-state index is 11.4. The van der Waals surface area contributed by atoms with Crippen LogP contribution in [-0.4, -0.2) is 32.2 Å². The summed E-state index contributed by atoms with van der Waals surface area (Å²) >= 11 is 0. The average molecular weight is 399 g/mol. The highest BCUT2D eigenvalue weighted by molar-refractivity contribution is 5.56. The highest BCUT2D eigenvalue weighted by Crippen LogP contribution is 2.67. The Bertz CT molecular complexity index is 829. The Kier molecular flexibility index (Phi) is 4.57. The van der Waals surface area contributed by atoms with Crippen molar-refractivity contribution in [1.82, 2.24) is 9.78 Å². The predicted octanol–water partition coefficient (Wildman–Crippen LogP) is 4.49. The molecular weight excluding hydrogens is 360 g/mol. The maximum atomic E-state index is 11.4. The van der Waals surface area contributed by atoms with Crippen molar-refractivity contribution in [3.63, 3.8) is 0 Å². The molecule has 0 spiro atoms. The molecule has 5 rings (SSSR count). The molecule has 4 fully saturated rings. The first-order valence-corrected chi connectivity index (χ1v) is 11.8. The molecule has 1 aromatic heterocycles. The third kappa shape index (κ3) is 2.89. The van der Waals surface area contributed by atoms with E-state index in [-0.39, 0.29) is 17.6 Å². The molecule has 160 valence electrons. The quantitative estimate of drug-likeness (QED) is 0.733. The van der Waals surface area contributed by atoms with Gasteiger partial charge in [-0.2, -0.15) is 5.10 Å². The van der Waals surface area contributed by atoms with Crippen LogP contribution >= 0.6 is 0 Å². The van der Waals surface area contributed by atoms with Gasteiger partial charge < -0.3 is 10.2 Å². The molecule has 0 bridgehead atoms. The Morgan fingerprint density at radius 2 is 1.83 bits per heavy atom. The van der Waals surface area contributed by atoms with Gasteiger partial charge in [0.1, 0.15) is 0 Å². The zero-order valence-electron chi connectivity index (χ0n) is 18.6. The van der Waals surface area contributed by atoms with Gasteiger partial charge in [-0.05, 0) is 99.0 Å². The minimum atomic E-state index is -0.327. The molecular formula is C25H38N2O2. The molecule has 0 aliphatic heterocycles. The fourth-order valence-corrected chi connectivity index (χ4v) is 8.19. The Hall–Kier alpha value is -1.13. The molecule has 0 radical (unpaired) electrons. The molecule has 0 saturated heterocycles. The van der Waals surface area contributed by atoms with Gasteiger partial charge in [-0.15, -0.1) is 0 Å². The summed E-state index contributed by atoms with van der Waals surface area (Å²) in [4.78, 5) is 0. The van der Waals surface area contributed by atoms with Gasteiger partial charge in [-0.1, -0.05) is 13.8 Å². The van der Waals surface area contributed by atoms with Crippen LogP contribution in [-0.2, 0) is 7.05 Å².